The van der Waals surface area contributed by atoms with E-state index in [4.69, 9.17) is 9.97 Å². The lowest BCUT2D eigenvalue weighted by molar-refractivity contribution is 0.714. The highest BCUT2D eigenvalue weighted by Crippen LogP contribution is 2.53. The summed E-state index contributed by atoms with van der Waals surface area (Å²) < 4.78 is 2.63. The second-order valence-corrected chi connectivity index (χ2v) is 16.1. The topological polar surface area (TPSA) is 25.8 Å². The molecular weight excluding hydrogens is 709 g/mol. The fourth-order valence-electron chi connectivity index (χ4n) is 8.87. The van der Waals surface area contributed by atoms with Crippen molar-refractivity contribution < 1.29 is 0 Å². The summed E-state index contributed by atoms with van der Waals surface area (Å²) in [5.74, 6) is 0.710. The Morgan fingerprint density at radius 2 is 0.965 bits per heavy atom. The third-order valence-corrected chi connectivity index (χ3v) is 13.0. The van der Waals surface area contributed by atoms with E-state index in [9.17, 15) is 0 Å². The first-order valence-electron chi connectivity index (χ1n) is 19.5. The lowest BCUT2D eigenvalue weighted by atomic mass is 9.74. The monoisotopic (exact) mass is 744 g/mol. The van der Waals surface area contributed by atoms with Gasteiger partial charge in [0.05, 0.1) is 11.4 Å². The number of hydrogen-bond acceptors (Lipinski definition) is 3. The molecule has 10 aromatic rings. The van der Waals surface area contributed by atoms with Crippen LogP contribution >= 0.6 is 11.3 Å². The molecule has 3 heteroatoms. The van der Waals surface area contributed by atoms with Crippen molar-refractivity contribution in [3.8, 4) is 67.3 Å². The van der Waals surface area contributed by atoms with Gasteiger partial charge in [0.25, 0.3) is 0 Å². The number of thiophene rings is 1. The van der Waals surface area contributed by atoms with Crippen LogP contribution in [0.15, 0.2) is 200 Å². The molecule has 268 valence electrons. The molecule has 0 amide bonds. The molecule has 2 heterocycles. The molecule has 0 aliphatic heterocycles. The predicted octanol–water partition coefficient (Wildman–Crippen LogP) is 14.5. The van der Waals surface area contributed by atoms with Crippen LogP contribution in [0.1, 0.15) is 23.6 Å². The SMILES string of the molecule is CC1(c2ccccc2)c2ccccc2-c2ccc(-c3cccc(-c4cc(-c5ccc(-c6cccc7c6sc6ccccc67)cc5)nc(-c5ccccc5)n4)c3)cc21. The summed E-state index contributed by atoms with van der Waals surface area (Å²) in [6, 6.07) is 72.2. The van der Waals surface area contributed by atoms with Crippen LogP contribution in [0.2, 0.25) is 0 Å². The molecule has 0 N–H and O–H groups in total. The third-order valence-electron chi connectivity index (χ3n) is 11.8. The van der Waals surface area contributed by atoms with E-state index in [0.717, 1.165) is 33.6 Å². The number of benzene rings is 8. The van der Waals surface area contributed by atoms with Gasteiger partial charge < -0.3 is 0 Å². The van der Waals surface area contributed by atoms with Crippen molar-refractivity contribution in [3.63, 3.8) is 0 Å². The average molecular weight is 745 g/mol. The molecule has 1 atom stereocenters. The predicted molar refractivity (Wildman–Crippen MR) is 240 cm³/mol. The Balaban J connectivity index is 0.995. The zero-order valence-electron chi connectivity index (χ0n) is 31.4. The third kappa shape index (κ3) is 5.54. The van der Waals surface area contributed by atoms with Crippen LogP contribution in [0, 0.1) is 0 Å². The van der Waals surface area contributed by atoms with Crippen LogP contribution in [0.3, 0.4) is 0 Å². The average Bonchev–Trinajstić information content (AvgIpc) is 3.80. The Labute approximate surface area is 336 Å². The van der Waals surface area contributed by atoms with Gasteiger partial charge in [-0.1, -0.05) is 176 Å². The van der Waals surface area contributed by atoms with E-state index in [1.807, 2.05) is 29.5 Å². The zero-order valence-corrected chi connectivity index (χ0v) is 32.2. The first-order valence-corrected chi connectivity index (χ1v) is 20.3. The minimum Gasteiger partial charge on any atom is -0.228 e. The molecule has 1 unspecified atom stereocenters. The standard InChI is InChI=1S/C54H36N2S/c1-54(41-18-6-3-7-19-41)47-24-10-8-20-43(47)44-31-30-39(33-48(44)54)38-16-12-17-40(32-38)50-34-49(55-53(56-50)37-14-4-2-5-15-37)36-28-26-35(27-29-36)42-22-13-23-46-45-21-9-11-25-51(45)57-52(42)46/h2-34H,1H3. The van der Waals surface area contributed by atoms with Crippen LogP contribution < -0.4 is 0 Å². The maximum absolute atomic E-state index is 5.19. The minimum atomic E-state index is -0.257. The second-order valence-electron chi connectivity index (χ2n) is 15.1. The summed E-state index contributed by atoms with van der Waals surface area (Å²) in [7, 11) is 0. The number of fused-ring (bicyclic) bond motifs is 6. The summed E-state index contributed by atoms with van der Waals surface area (Å²) in [6.07, 6.45) is 0. The second kappa shape index (κ2) is 13.4. The fraction of sp³-hybridized carbons (Fsp3) is 0.0370. The van der Waals surface area contributed by atoms with Crippen molar-refractivity contribution in [1.29, 1.82) is 0 Å². The molecule has 0 radical (unpaired) electrons. The van der Waals surface area contributed by atoms with Crippen molar-refractivity contribution in [3.05, 3.63) is 217 Å². The molecular formula is C54H36N2S. The summed E-state index contributed by atoms with van der Waals surface area (Å²) in [4.78, 5) is 10.3. The smallest absolute Gasteiger partial charge is 0.160 e. The highest BCUT2D eigenvalue weighted by molar-refractivity contribution is 7.26. The van der Waals surface area contributed by atoms with Crippen molar-refractivity contribution in [2.45, 2.75) is 12.3 Å². The lowest BCUT2D eigenvalue weighted by Crippen LogP contribution is -2.22. The first-order chi connectivity index (χ1) is 28.1. The van der Waals surface area contributed by atoms with Crippen LogP contribution in [0.5, 0.6) is 0 Å². The largest absolute Gasteiger partial charge is 0.228 e. The quantitative estimate of drug-likeness (QED) is 0.169. The van der Waals surface area contributed by atoms with Gasteiger partial charge in [-0.3, -0.25) is 0 Å². The maximum atomic E-state index is 5.19. The fourth-order valence-corrected chi connectivity index (χ4v) is 10.1. The molecule has 0 saturated carbocycles. The van der Waals surface area contributed by atoms with E-state index >= 15 is 0 Å². The van der Waals surface area contributed by atoms with Crippen LogP contribution in [-0.2, 0) is 5.41 Å². The maximum Gasteiger partial charge on any atom is 0.160 e. The number of aromatic nitrogens is 2. The van der Waals surface area contributed by atoms with Gasteiger partial charge in [-0.25, -0.2) is 9.97 Å². The van der Waals surface area contributed by atoms with Crippen LogP contribution in [-0.4, -0.2) is 9.97 Å². The van der Waals surface area contributed by atoms with E-state index in [2.05, 4.69) is 189 Å². The van der Waals surface area contributed by atoms with Gasteiger partial charge >= 0.3 is 0 Å². The molecule has 0 fully saturated rings. The molecule has 0 saturated heterocycles. The van der Waals surface area contributed by atoms with Gasteiger partial charge in [0.1, 0.15) is 0 Å². The van der Waals surface area contributed by atoms with Gasteiger partial charge in [-0.2, -0.15) is 0 Å². The highest BCUT2D eigenvalue weighted by Gasteiger charge is 2.40. The lowest BCUT2D eigenvalue weighted by Gasteiger charge is -2.28. The van der Waals surface area contributed by atoms with E-state index in [1.165, 1.54) is 64.7 Å². The van der Waals surface area contributed by atoms with Gasteiger partial charge in [0.15, 0.2) is 5.82 Å². The number of rotatable bonds is 6. The molecule has 0 bridgehead atoms. The molecule has 2 nitrogen and oxygen atoms in total. The normalized spacial score (nSPS) is 14.5. The van der Waals surface area contributed by atoms with Crippen LogP contribution in [0.4, 0.5) is 0 Å². The summed E-state index contributed by atoms with van der Waals surface area (Å²) in [5, 5.41) is 2.62. The van der Waals surface area contributed by atoms with Gasteiger partial charge in [-0.05, 0) is 81.3 Å². The van der Waals surface area contributed by atoms with E-state index in [0.29, 0.717) is 5.82 Å². The summed E-state index contributed by atoms with van der Waals surface area (Å²) in [6.45, 7) is 2.37. The van der Waals surface area contributed by atoms with Crippen LogP contribution in [0.25, 0.3) is 87.5 Å². The Bertz CT molecular complexity index is 3130. The van der Waals surface area contributed by atoms with Gasteiger partial charge in [0.2, 0.25) is 0 Å². The molecule has 0 spiro atoms. The van der Waals surface area contributed by atoms with E-state index < -0.39 is 0 Å². The Morgan fingerprint density at radius 1 is 0.386 bits per heavy atom. The summed E-state index contributed by atoms with van der Waals surface area (Å²) >= 11 is 1.86. The van der Waals surface area contributed by atoms with Crippen molar-refractivity contribution in [1.82, 2.24) is 9.97 Å². The number of nitrogens with zero attached hydrogens (tertiary/aromatic N) is 2. The molecule has 57 heavy (non-hydrogen) atoms. The Morgan fingerprint density at radius 3 is 1.81 bits per heavy atom. The van der Waals surface area contributed by atoms with Crippen molar-refractivity contribution in [2.24, 2.45) is 0 Å². The molecule has 8 aromatic carbocycles. The van der Waals surface area contributed by atoms with Crippen molar-refractivity contribution in [2.75, 3.05) is 0 Å². The van der Waals surface area contributed by atoms with Gasteiger partial charge in [-0.15, -0.1) is 11.3 Å². The van der Waals surface area contributed by atoms with E-state index in [1.54, 1.807) is 0 Å². The van der Waals surface area contributed by atoms with Gasteiger partial charge in [0, 0.05) is 42.3 Å². The molecule has 1 aliphatic rings. The molecule has 2 aromatic heterocycles. The zero-order chi connectivity index (χ0) is 37.9. The Hall–Kier alpha value is -6.94. The Kier molecular flexibility index (Phi) is 7.84. The van der Waals surface area contributed by atoms with Crippen molar-refractivity contribution >= 4 is 31.5 Å². The van der Waals surface area contributed by atoms with E-state index in [-0.39, 0.29) is 5.41 Å². The molecule has 11 rings (SSSR count). The number of hydrogen-bond donors (Lipinski definition) is 0. The summed E-state index contributed by atoms with van der Waals surface area (Å²) in [5.41, 5.74) is 16.0. The highest BCUT2D eigenvalue weighted by atomic mass is 32.1. The first kappa shape index (κ1) is 33.4. The molecule has 1 aliphatic carbocycles. The minimum absolute atomic E-state index is 0.257.